The first-order valence-corrected chi connectivity index (χ1v) is 9.90. The lowest BCUT2D eigenvalue weighted by Crippen LogP contribution is -2.49. The van der Waals surface area contributed by atoms with Crippen LogP contribution >= 0.6 is 23.2 Å². The molecule has 1 aliphatic heterocycles. The summed E-state index contributed by atoms with van der Waals surface area (Å²) in [5, 5.41) is 4.09. The third kappa shape index (κ3) is 5.68. The van der Waals surface area contributed by atoms with Crippen molar-refractivity contribution in [2.24, 2.45) is 10.7 Å². The van der Waals surface area contributed by atoms with E-state index in [1.807, 2.05) is 24.3 Å². The Morgan fingerprint density at radius 3 is 2.45 bits per heavy atom. The summed E-state index contributed by atoms with van der Waals surface area (Å²) < 4.78 is 5.11. The second kappa shape index (κ2) is 9.71. The molecule has 29 heavy (non-hydrogen) atoms. The highest BCUT2D eigenvalue weighted by Gasteiger charge is 2.21. The zero-order valence-electron chi connectivity index (χ0n) is 16.1. The summed E-state index contributed by atoms with van der Waals surface area (Å²) in [7, 11) is 1.55. The maximum absolute atomic E-state index is 12.4. The minimum Gasteiger partial charge on any atom is -0.495 e. The minimum atomic E-state index is -0.0572. The number of nitrogens with two attached hydrogens (primary N) is 1. The average molecular weight is 436 g/mol. The molecule has 0 spiro atoms. The number of hydrogen-bond donors (Lipinski definition) is 2. The fourth-order valence-corrected chi connectivity index (χ4v) is 3.43. The Balaban J connectivity index is 1.49. The normalized spacial score (nSPS) is 14.7. The lowest BCUT2D eigenvalue weighted by atomic mass is 10.2. The van der Waals surface area contributed by atoms with Gasteiger partial charge in [-0.05, 0) is 42.5 Å². The molecule has 0 atom stereocenters. The molecule has 0 radical (unpaired) electrons. The predicted molar refractivity (Wildman–Crippen MR) is 118 cm³/mol. The number of ether oxygens (including phenoxy) is 1. The zero-order valence-corrected chi connectivity index (χ0v) is 17.6. The number of guanidine groups is 1. The number of methoxy groups -OCH3 is 1. The maximum atomic E-state index is 12.4. The number of aliphatic imine (C=N–C) groups is 1. The molecule has 2 aromatic carbocycles. The van der Waals surface area contributed by atoms with Crippen LogP contribution in [0.5, 0.6) is 5.75 Å². The van der Waals surface area contributed by atoms with Gasteiger partial charge in [-0.2, -0.15) is 0 Å². The minimum absolute atomic E-state index is 0.0103. The quantitative estimate of drug-likeness (QED) is 0.556. The monoisotopic (exact) mass is 435 g/mol. The van der Waals surface area contributed by atoms with E-state index in [0.717, 1.165) is 18.8 Å². The van der Waals surface area contributed by atoms with Crippen LogP contribution in [0.2, 0.25) is 10.0 Å². The van der Waals surface area contributed by atoms with E-state index >= 15 is 0 Å². The molecule has 0 saturated carbocycles. The fraction of sp³-hybridized carbons (Fsp3) is 0.300. The molecule has 7 nitrogen and oxygen atoms in total. The van der Waals surface area contributed by atoms with E-state index in [9.17, 15) is 4.79 Å². The Labute approximate surface area is 180 Å². The average Bonchev–Trinajstić information content (AvgIpc) is 2.73. The van der Waals surface area contributed by atoms with Gasteiger partial charge in [0.15, 0.2) is 5.96 Å². The summed E-state index contributed by atoms with van der Waals surface area (Å²) in [4.78, 5) is 20.6. The van der Waals surface area contributed by atoms with Crippen molar-refractivity contribution in [3.8, 4) is 5.75 Å². The molecular weight excluding hydrogens is 413 g/mol. The third-order valence-corrected chi connectivity index (χ3v) is 5.18. The number of hydrogen-bond acceptors (Lipinski definition) is 4. The standard InChI is InChI=1S/C20H23Cl2N5O2/c1-29-18-7-4-15(12-17(18)22)25-20(23)24-13-19(28)27-10-8-26(9-11-27)16-5-2-14(21)3-6-16/h2-7,12H,8-11,13H2,1H3,(H3,23,24,25). The van der Waals surface area contributed by atoms with E-state index in [2.05, 4.69) is 15.2 Å². The molecule has 2 aromatic rings. The van der Waals surface area contributed by atoms with Gasteiger partial charge in [0.1, 0.15) is 12.3 Å². The largest absolute Gasteiger partial charge is 0.495 e. The number of nitrogens with one attached hydrogen (secondary N) is 1. The Morgan fingerprint density at radius 2 is 1.83 bits per heavy atom. The number of piperazine rings is 1. The Hall–Kier alpha value is -2.64. The molecule has 1 fully saturated rings. The number of carbonyl (C=O) groups is 1. The summed E-state index contributed by atoms with van der Waals surface area (Å²) in [6.07, 6.45) is 0. The number of carbonyl (C=O) groups excluding carboxylic acids is 1. The second-order valence-corrected chi connectivity index (χ2v) is 7.36. The van der Waals surface area contributed by atoms with E-state index in [0.29, 0.717) is 34.6 Å². The van der Waals surface area contributed by atoms with Crippen molar-refractivity contribution in [3.63, 3.8) is 0 Å². The van der Waals surface area contributed by atoms with Gasteiger partial charge in [-0.3, -0.25) is 4.79 Å². The first-order valence-electron chi connectivity index (χ1n) is 9.15. The molecule has 0 unspecified atom stereocenters. The Kier molecular flexibility index (Phi) is 7.06. The molecule has 3 N–H and O–H groups in total. The van der Waals surface area contributed by atoms with Crippen LogP contribution in [0.4, 0.5) is 11.4 Å². The van der Waals surface area contributed by atoms with Crippen molar-refractivity contribution < 1.29 is 9.53 Å². The molecule has 0 aromatic heterocycles. The molecule has 154 valence electrons. The highest BCUT2D eigenvalue weighted by atomic mass is 35.5. The van der Waals surface area contributed by atoms with Crippen molar-refractivity contribution in [2.45, 2.75) is 0 Å². The number of anilines is 2. The zero-order chi connectivity index (χ0) is 20.8. The summed E-state index contributed by atoms with van der Waals surface area (Å²) in [5.41, 5.74) is 7.66. The number of rotatable bonds is 5. The Morgan fingerprint density at radius 1 is 1.14 bits per heavy atom. The van der Waals surface area contributed by atoms with Crippen LogP contribution in [0.25, 0.3) is 0 Å². The highest BCUT2D eigenvalue weighted by Crippen LogP contribution is 2.27. The van der Waals surface area contributed by atoms with Crippen LogP contribution in [0.15, 0.2) is 47.5 Å². The van der Waals surface area contributed by atoms with E-state index in [1.54, 1.807) is 30.2 Å². The molecule has 1 saturated heterocycles. The van der Waals surface area contributed by atoms with Crippen LogP contribution in [0.1, 0.15) is 0 Å². The van der Waals surface area contributed by atoms with Gasteiger partial charge in [-0.15, -0.1) is 0 Å². The molecule has 1 amide bonds. The molecule has 1 heterocycles. The number of benzene rings is 2. The lowest BCUT2D eigenvalue weighted by Gasteiger charge is -2.36. The van der Waals surface area contributed by atoms with Gasteiger partial charge in [0.25, 0.3) is 0 Å². The lowest BCUT2D eigenvalue weighted by molar-refractivity contribution is -0.129. The molecule has 1 aliphatic rings. The SMILES string of the molecule is COc1ccc(NC(N)=NCC(=O)N2CCN(c3ccc(Cl)cc3)CC2)cc1Cl. The van der Waals surface area contributed by atoms with Crippen LogP contribution < -0.4 is 20.7 Å². The first kappa shape index (κ1) is 21.1. The van der Waals surface area contributed by atoms with E-state index < -0.39 is 0 Å². The number of nitrogens with zero attached hydrogens (tertiary/aromatic N) is 3. The van der Waals surface area contributed by atoms with Gasteiger partial charge >= 0.3 is 0 Å². The van der Waals surface area contributed by atoms with Gasteiger partial charge in [-0.25, -0.2) is 4.99 Å². The van der Waals surface area contributed by atoms with Gasteiger partial charge in [0.05, 0.1) is 12.1 Å². The van der Waals surface area contributed by atoms with Gasteiger partial charge in [0, 0.05) is 42.6 Å². The van der Waals surface area contributed by atoms with Crippen LogP contribution in [0, 0.1) is 0 Å². The Bertz CT molecular complexity index is 881. The van der Waals surface area contributed by atoms with Crippen LogP contribution in [-0.2, 0) is 4.79 Å². The summed E-state index contributed by atoms with van der Waals surface area (Å²) in [6.45, 7) is 2.78. The summed E-state index contributed by atoms with van der Waals surface area (Å²) in [5.74, 6) is 0.665. The van der Waals surface area contributed by atoms with Crippen molar-refractivity contribution in [1.29, 1.82) is 0 Å². The van der Waals surface area contributed by atoms with Crippen molar-refractivity contribution in [3.05, 3.63) is 52.5 Å². The third-order valence-electron chi connectivity index (χ3n) is 4.63. The van der Waals surface area contributed by atoms with Gasteiger partial charge in [0.2, 0.25) is 5.91 Å². The molecule has 9 heteroatoms. The smallest absolute Gasteiger partial charge is 0.244 e. The van der Waals surface area contributed by atoms with Crippen LogP contribution in [-0.4, -0.2) is 56.6 Å². The molecule has 0 bridgehead atoms. The first-order chi connectivity index (χ1) is 14.0. The van der Waals surface area contributed by atoms with E-state index in [1.165, 1.54) is 0 Å². The summed E-state index contributed by atoms with van der Waals surface area (Å²) in [6, 6.07) is 12.9. The molecule has 3 rings (SSSR count). The van der Waals surface area contributed by atoms with Crippen LogP contribution in [0.3, 0.4) is 0 Å². The highest BCUT2D eigenvalue weighted by molar-refractivity contribution is 6.32. The molecular formula is C20H23Cl2N5O2. The maximum Gasteiger partial charge on any atom is 0.244 e. The van der Waals surface area contributed by atoms with Crippen molar-refractivity contribution in [2.75, 3.05) is 50.1 Å². The van der Waals surface area contributed by atoms with Crippen molar-refractivity contribution >= 4 is 46.4 Å². The van der Waals surface area contributed by atoms with Gasteiger partial charge in [-0.1, -0.05) is 23.2 Å². The number of halogens is 2. The van der Waals surface area contributed by atoms with Crippen molar-refractivity contribution in [1.82, 2.24) is 4.90 Å². The molecule has 0 aliphatic carbocycles. The van der Waals surface area contributed by atoms with Gasteiger partial charge < -0.3 is 25.6 Å². The second-order valence-electron chi connectivity index (χ2n) is 6.52. The predicted octanol–water partition coefficient (Wildman–Crippen LogP) is 3.08. The topological polar surface area (TPSA) is 83.2 Å². The van der Waals surface area contributed by atoms with E-state index in [-0.39, 0.29) is 18.4 Å². The fourth-order valence-electron chi connectivity index (χ4n) is 3.05. The van der Waals surface area contributed by atoms with E-state index in [4.69, 9.17) is 33.7 Å². The number of amides is 1. The summed E-state index contributed by atoms with van der Waals surface area (Å²) >= 11 is 12.0.